The predicted molar refractivity (Wildman–Crippen MR) is 468 cm³/mol. The van der Waals surface area contributed by atoms with E-state index in [0.717, 1.165) is 78.4 Å². The van der Waals surface area contributed by atoms with Crippen LogP contribution in [0.2, 0.25) is 0 Å². The average Bonchev–Trinajstić information content (AvgIpc) is 1.65. The topological polar surface area (TPSA) is 443 Å². The molecule has 6 aliphatic rings. The molecule has 5 aromatic rings. The van der Waals surface area contributed by atoms with E-state index in [9.17, 15) is 54.3 Å². The largest absolute Gasteiger partial charge is 0.459 e. The van der Waals surface area contributed by atoms with Crippen molar-refractivity contribution in [2.24, 2.45) is 29.4 Å². The highest BCUT2D eigenvalue weighted by Crippen LogP contribution is 2.37. The number of aromatic nitrogens is 5. The van der Waals surface area contributed by atoms with Gasteiger partial charge >= 0.3 is 12.1 Å². The Morgan fingerprint density at radius 1 is 0.714 bits per heavy atom. The second kappa shape index (κ2) is 48.8. The van der Waals surface area contributed by atoms with Gasteiger partial charge in [-0.05, 0) is 142 Å². The number of piperazine rings is 1. The van der Waals surface area contributed by atoms with E-state index < -0.39 is 108 Å². The van der Waals surface area contributed by atoms with Crippen molar-refractivity contribution in [2.45, 2.75) is 218 Å². The van der Waals surface area contributed by atoms with Gasteiger partial charge in [-0.15, -0.1) is 0 Å². The minimum absolute atomic E-state index is 0.0115. The number of Topliss-reactive ketones (excluding diaryl/α,β-unsaturated/α-hetero) is 2. The molecule has 1 saturated carbocycles. The number of anilines is 1. The number of nitrogens with two attached hydrogens (primary N) is 2. The van der Waals surface area contributed by atoms with Crippen molar-refractivity contribution < 1.29 is 106 Å². The fourth-order valence-corrected chi connectivity index (χ4v) is 17.6. The number of alkyl carbamates (subject to hydrolysis) is 1. The van der Waals surface area contributed by atoms with Crippen molar-refractivity contribution in [1.29, 1.82) is 0 Å². The lowest BCUT2D eigenvalue weighted by molar-refractivity contribution is -0.245. The third-order valence-electron chi connectivity index (χ3n) is 25.0. The fourth-order valence-electron chi connectivity index (χ4n) is 17.6. The van der Waals surface area contributed by atoms with Gasteiger partial charge < -0.3 is 104 Å². The molecule has 0 radical (unpaired) electrons. The van der Waals surface area contributed by atoms with Crippen LogP contribution >= 0.6 is 0 Å². The smallest absolute Gasteiger partial charge is 0.407 e. The Hall–Kier alpha value is -8.40. The number of nitrogen functional groups attached to an aromatic ring is 1. The molecule has 0 unspecified atom stereocenters. The zero-order chi connectivity index (χ0) is 89.8. The van der Waals surface area contributed by atoms with E-state index in [0.29, 0.717) is 178 Å². The number of aliphatic hydroxyl groups is 5. The number of piperidine rings is 1. The third-order valence-corrected chi connectivity index (χ3v) is 25.0. The van der Waals surface area contributed by atoms with E-state index in [1.54, 1.807) is 34.0 Å². The van der Waals surface area contributed by atoms with Gasteiger partial charge in [0.15, 0.2) is 22.9 Å². The molecule has 34 nitrogen and oxygen atoms in total. The first-order valence-electron chi connectivity index (χ1n) is 45.0. The Labute approximate surface area is 738 Å². The van der Waals surface area contributed by atoms with Crippen LogP contribution in [0.4, 0.5) is 10.6 Å². The molecule has 1 aliphatic carbocycles. The molecule has 15 atom stereocenters. The van der Waals surface area contributed by atoms with Gasteiger partial charge in [0.1, 0.15) is 53.8 Å². The lowest BCUT2D eigenvalue weighted by Gasteiger charge is -2.40. The number of allylic oxidation sites excluding steroid dienone is 5. The van der Waals surface area contributed by atoms with Crippen LogP contribution in [-0.4, -0.2) is 317 Å². The summed E-state index contributed by atoms with van der Waals surface area (Å²) in [5, 5.41) is 65.9. The van der Waals surface area contributed by atoms with Gasteiger partial charge in [0.05, 0.1) is 122 Å². The molecule has 3 amide bonds. The Morgan fingerprint density at radius 2 is 1.41 bits per heavy atom. The number of rotatable bonds is 32. The standard InChI is InChI=1S/C92H134N12O22/c1-59-14-9-8-10-15-60(2)78(116-7)54-70-16-13-26-92(115,126-70)86(111)89(112)103-28-12-11-17-73(103)90(113)124-79(55-74(105)61(3)49-63(5)84(109)85(110)83(108)62(4)48-59)71(93)51-65-19-22-77(75(106)52-65)125-91(114)95-27-37-118-41-42-119-38-34-100-30-32-101(33-31-100)35-39-120-43-45-122-47-46-121-44-40-117-36-25-80(107)102-29-24-67-50-66(18-20-69(67)57-102)56-104-88-81(87(94)96-58-97-88)82(99-104)68-21-23-76-72(53-68)98-64(6)123-76/h8-10,14-15,18,20-21,23,49-50,53,58-59,61-62,65,70-71,73-75,77-79,84-85,105-106,109-110,115H,11-13,16-17,19,22,24-48,51-52,54-57,93H2,1-7H3,(H,95,114)(H2,94,96,97)/b10-8?,14-9+,60-15?,63-49+/t59-,61-,62-,65+,70+,71-,73+,74-,75-,77-,78+,79+,84-,85+,92-/m1/s1. The number of nitrogens with one attached hydrogen (secondary N) is 1. The summed E-state index contributed by atoms with van der Waals surface area (Å²) < 4.78 is 65.9. The number of benzene rings is 2. The van der Waals surface area contributed by atoms with E-state index in [4.69, 9.17) is 68.4 Å². The number of hydrogen-bond acceptors (Lipinski definition) is 30. The number of ether oxygens (including phenoxy) is 10. The predicted octanol–water partition coefficient (Wildman–Crippen LogP) is 6.42. The van der Waals surface area contributed by atoms with Crippen LogP contribution in [0.5, 0.6) is 0 Å². The zero-order valence-electron chi connectivity index (χ0n) is 74.3. The number of carbonyl (C=O) groups excluding carboxylic acids is 6. The maximum Gasteiger partial charge on any atom is 0.407 e. The molecular weight excluding hydrogens is 1630 g/mol. The summed E-state index contributed by atoms with van der Waals surface area (Å²) in [6.07, 6.45) is 7.20. The number of cyclic esters (lactones) is 1. The monoisotopic (exact) mass is 1760 g/mol. The summed E-state index contributed by atoms with van der Waals surface area (Å²) in [5.74, 6) is -6.87. The van der Waals surface area contributed by atoms with Crippen LogP contribution in [0.15, 0.2) is 94.7 Å². The first kappa shape index (κ1) is 98.2. The average molecular weight is 1760 g/mol. The summed E-state index contributed by atoms with van der Waals surface area (Å²) in [6, 6.07) is 9.90. The van der Waals surface area contributed by atoms with Gasteiger partial charge in [-0.3, -0.25) is 29.0 Å². The minimum atomic E-state index is -2.46. The number of carbonyl (C=O) groups is 6. The molecule has 11 rings (SSSR count). The van der Waals surface area contributed by atoms with Crippen molar-refractivity contribution in [1.82, 2.24) is 49.6 Å². The lowest BCUT2D eigenvalue weighted by atomic mass is 9.80. The fraction of sp³-hybridized carbons (Fsp3) is 0.652. The number of hydrogen-bond donors (Lipinski definition) is 8. The molecule has 34 heteroatoms. The number of methoxy groups -OCH3 is 1. The third kappa shape index (κ3) is 28.3. The number of nitrogens with zero attached hydrogens (tertiary/aromatic N) is 9. The Balaban J connectivity index is 0.512. The maximum absolute atomic E-state index is 14.6. The summed E-state index contributed by atoms with van der Waals surface area (Å²) in [4.78, 5) is 104. The molecule has 3 aromatic heterocycles. The van der Waals surface area contributed by atoms with Crippen molar-refractivity contribution in [3.8, 4) is 11.3 Å². The first-order chi connectivity index (χ1) is 60.7. The molecule has 126 heavy (non-hydrogen) atoms. The molecule has 2 aromatic carbocycles. The van der Waals surface area contributed by atoms with E-state index in [-0.39, 0.29) is 81.5 Å². The molecule has 10 N–H and O–H groups in total. The Bertz CT molecular complexity index is 4490. The van der Waals surface area contributed by atoms with Crippen molar-refractivity contribution in [3.05, 3.63) is 113 Å². The normalized spacial score (nSPS) is 27.5. The summed E-state index contributed by atoms with van der Waals surface area (Å²) in [7, 11) is 1.55. The quantitative estimate of drug-likeness (QED) is 0.00995. The highest BCUT2D eigenvalue weighted by Gasteiger charge is 2.50. The van der Waals surface area contributed by atoms with Gasteiger partial charge in [-0.1, -0.05) is 75.4 Å². The van der Waals surface area contributed by atoms with Crippen LogP contribution in [0.25, 0.3) is 33.4 Å². The van der Waals surface area contributed by atoms with Crippen LogP contribution in [0.3, 0.4) is 0 Å². The second-order valence-corrected chi connectivity index (χ2v) is 34.5. The summed E-state index contributed by atoms with van der Waals surface area (Å²) in [5.41, 5.74) is 21.4. The molecule has 0 spiro atoms. The number of ketones is 2. The van der Waals surface area contributed by atoms with E-state index in [1.807, 2.05) is 78.9 Å². The SMILES string of the molecule is CO[C@H]1C[C@@H]2CCC[C@@](O)(O2)C(=O)C(=O)N2CCCC[C@H]2C(=O)O[C@H]([C@H](N)C[C@@H]2CC[C@@H](OC(=O)NCCOCCOCCN3CCN(CCOCCOCCOCCOCCC(=O)N4CCc5cc(Cn6nc(-c7ccc8oc(C)nc8c7)c7c(N)ncnc76)ccc5C4)CC3)[C@H](O)C2)C[C@@H](O)[C@H](C)/C=C(\C)[C@@H](O)[C@@H](O)C(=O)[C@H](C)C[C@H](C)/C=C/C=CC=C1C. The molecule has 4 fully saturated rings. The number of aliphatic hydroxyl groups excluding tert-OH is 4. The van der Waals surface area contributed by atoms with Crippen molar-refractivity contribution in [3.63, 3.8) is 0 Å². The van der Waals surface area contributed by atoms with Crippen molar-refractivity contribution >= 4 is 63.4 Å². The molecule has 694 valence electrons. The second-order valence-electron chi connectivity index (χ2n) is 34.5. The van der Waals surface area contributed by atoms with Crippen LogP contribution < -0.4 is 16.8 Å². The van der Waals surface area contributed by atoms with Gasteiger partial charge in [0.25, 0.3) is 11.7 Å². The first-order valence-corrected chi connectivity index (χ1v) is 45.0. The van der Waals surface area contributed by atoms with Gasteiger partial charge in [0, 0.05) is 122 Å². The maximum atomic E-state index is 14.6. The Kier molecular flexibility index (Phi) is 38.1. The van der Waals surface area contributed by atoms with Crippen molar-refractivity contribution in [2.75, 3.05) is 151 Å². The molecular formula is C92H134N12O22. The summed E-state index contributed by atoms with van der Waals surface area (Å²) >= 11 is 0. The van der Waals surface area contributed by atoms with Gasteiger partial charge in [-0.25, -0.2) is 29.2 Å². The van der Waals surface area contributed by atoms with Crippen LogP contribution in [0.1, 0.15) is 147 Å². The molecule has 3 saturated heterocycles. The molecule has 8 heterocycles. The van der Waals surface area contributed by atoms with E-state index in [1.165, 1.54) is 11.9 Å². The number of oxazole rings is 1. The molecule has 2 bridgehead atoms. The van der Waals surface area contributed by atoms with E-state index in [2.05, 4.69) is 48.3 Å². The number of esters is 1. The van der Waals surface area contributed by atoms with Crippen LogP contribution in [0, 0.1) is 30.6 Å². The van der Waals surface area contributed by atoms with Crippen LogP contribution in [-0.2, 0) is 90.9 Å². The number of fused-ring (bicyclic) bond motifs is 6. The summed E-state index contributed by atoms with van der Waals surface area (Å²) in [6.45, 7) is 22.7. The number of aryl methyl sites for hydroxylation is 1. The number of amides is 3. The molecule has 5 aliphatic heterocycles. The Morgan fingerprint density at radius 3 is 2.12 bits per heavy atom. The highest BCUT2D eigenvalue weighted by molar-refractivity contribution is 6.39. The lowest BCUT2D eigenvalue weighted by Crippen LogP contribution is -2.58. The highest BCUT2D eigenvalue weighted by atomic mass is 16.6. The zero-order valence-corrected chi connectivity index (χ0v) is 74.3. The van der Waals surface area contributed by atoms with Gasteiger partial charge in [-0.2, -0.15) is 5.10 Å². The van der Waals surface area contributed by atoms with Gasteiger partial charge in [0.2, 0.25) is 11.7 Å². The minimum Gasteiger partial charge on any atom is -0.459 e. The van der Waals surface area contributed by atoms with E-state index >= 15 is 0 Å².